The summed E-state index contributed by atoms with van der Waals surface area (Å²) in [5, 5.41) is 4.24. The van der Waals surface area contributed by atoms with Crippen molar-refractivity contribution >= 4 is 11.3 Å². The maximum absolute atomic E-state index is 11.8. The summed E-state index contributed by atoms with van der Waals surface area (Å²) < 4.78 is 40.8. The van der Waals surface area contributed by atoms with Crippen LogP contribution in [0.2, 0.25) is 0 Å². The van der Waals surface area contributed by atoms with Crippen molar-refractivity contribution < 1.29 is 17.9 Å². The fourth-order valence-corrected chi connectivity index (χ4v) is 1.72. The summed E-state index contributed by atoms with van der Waals surface area (Å²) in [5.41, 5.74) is 0. The highest BCUT2D eigenvalue weighted by atomic mass is 32.1. The van der Waals surface area contributed by atoms with Gasteiger partial charge in [0.05, 0.1) is 19.3 Å². The van der Waals surface area contributed by atoms with Crippen molar-refractivity contribution in [2.24, 2.45) is 0 Å². The van der Waals surface area contributed by atoms with Crippen molar-refractivity contribution in [2.45, 2.75) is 25.8 Å². The van der Waals surface area contributed by atoms with Gasteiger partial charge in [0.25, 0.3) is 0 Å². The van der Waals surface area contributed by atoms with E-state index in [9.17, 15) is 13.2 Å². The van der Waals surface area contributed by atoms with Gasteiger partial charge in [0.15, 0.2) is 0 Å². The maximum atomic E-state index is 11.8. The minimum Gasteiger partial charge on any atom is -0.372 e. The summed E-state index contributed by atoms with van der Waals surface area (Å²) in [6.45, 7) is 1.42. The lowest BCUT2D eigenvalue weighted by molar-refractivity contribution is -0.125. The van der Waals surface area contributed by atoms with Crippen LogP contribution in [0.4, 0.5) is 13.2 Å². The van der Waals surface area contributed by atoms with E-state index in [-0.39, 0.29) is 12.6 Å². The zero-order chi connectivity index (χ0) is 12.0. The number of hydrogen-bond acceptors (Lipinski definition) is 3. The molecule has 92 valence electrons. The molecule has 0 saturated carbocycles. The molecule has 2 nitrogen and oxygen atoms in total. The van der Waals surface area contributed by atoms with E-state index in [1.54, 1.807) is 18.3 Å². The van der Waals surface area contributed by atoms with Gasteiger partial charge in [-0.3, -0.25) is 0 Å². The van der Waals surface area contributed by atoms with Gasteiger partial charge in [-0.1, -0.05) is 6.07 Å². The van der Waals surface area contributed by atoms with Crippen LogP contribution in [0.25, 0.3) is 0 Å². The molecule has 16 heavy (non-hydrogen) atoms. The summed E-state index contributed by atoms with van der Waals surface area (Å²) in [6.07, 6.45) is -4.39. The molecule has 0 aliphatic rings. The highest BCUT2D eigenvalue weighted by Gasteiger charge is 2.26. The van der Waals surface area contributed by atoms with E-state index in [0.717, 1.165) is 4.88 Å². The molecule has 1 atom stereocenters. The van der Waals surface area contributed by atoms with E-state index in [0.29, 0.717) is 6.61 Å². The quantitative estimate of drug-likeness (QED) is 0.841. The Balaban J connectivity index is 2.09. The Morgan fingerprint density at radius 3 is 2.81 bits per heavy atom. The molecule has 0 aliphatic carbocycles. The van der Waals surface area contributed by atoms with Crippen LogP contribution >= 0.6 is 11.3 Å². The summed E-state index contributed by atoms with van der Waals surface area (Å²) in [7, 11) is 0. The highest BCUT2D eigenvalue weighted by molar-refractivity contribution is 7.09. The van der Waals surface area contributed by atoms with E-state index in [4.69, 9.17) is 4.74 Å². The molecule has 1 rings (SSSR count). The van der Waals surface area contributed by atoms with Crippen molar-refractivity contribution in [3.8, 4) is 0 Å². The summed E-state index contributed by atoms with van der Waals surface area (Å²) in [4.78, 5) is 1.07. The summed E-state index contributed by atoms with van der Waals surface area (Å²) in [5.74, 6) is 0. The number of alkyl halides is 3. The molecule has 1 N–H and O–H groups in total. The van der Waals surface area contributed by atoms with Gasteiger partial charge < -0.3 is 10.1 Å². The molecule has 0 spiro atoms. The van der Waals surface area contributed by atoms with Gasteiger partial charge in [-0.15, -0.1) is 11.3 Å². The van der Waals surface area contributed by atoms with Gasteiger partial charge in [0, 0.05) is 11.4 Å². The van der Waals surface area contributed by atoms with E-state index in [1.807, 2.05) is 17.5 Å². The third kappa shape index (κ3) is 6.09. The van der Waals surface area contributed by atoms with Crippen LogP contribution in [0.5, 0.6) is 0 Å². The average Bonchev–Trinajstić information content (AvgIpc) is 2.65. The van der Waals surface area contributed by atoms with E-state index in [2.05, 4.69) is 5.32 Å². The molecule has 0 radical (unpaired) electrons. The lowest BCUT2D eigenvalue weighted by atomic mass is 10.4. The topological polar surface area (TPSA) is 21.3 Å². The first kappa shape index (κ1) is 13.5. The average molecular weight is 253 g/mol. The third-order valence-corrected chi connectivity index (χ3v) is 2.70. The zero-order valence-corrected chi connectivity index (χ0v) is 9.70. The SMILES string of the molecule is CC(CNCC(F)(F)F)OCc1cccs1. The maximum Gasteiger partial charge on any atom is 0.401 e. The van der Waals surface area contributed by atoms with Crippen molar-refractivity contribution in [1.82, 2.24) is 5.32 Å². The first-order valence-corrected chi connectivity index (χ1v) is 5.77. The van der Waals surface area contributed by atoms with Gasteiger partial charge in [-0.2, -0.15) is 13.2 Å². The number of thiophene rings is 1. The fourth-order valence-electron chi connectivity index (χ4n) is 1.10. The Hall–Kier alpha value is -0.590. The second-order valence-corrected chi connectivity index (χ2v) is 4.48. The lowest BCUT2D eigenvalue weighted by Crippen LogP contribution is -2.34. The second-order valence-electron chi connectivity index (χ2n) is 3.45. The first-order valence-electron chi connectivity index (χ1n) is 4.89. The lowest BCUT2D eigenvalue weighted by Gasteiger charge is -2.14. The summed E-state index contributed by atoms with van der Waals surface area (Å²) >= 11 is 1.57. The van der Waals surface area contributed by atoms with Crippen LogP contribution in [0, 0.1) is 0 Å². The normalized spacial score (nSPS) is 14.0. The van der Waals surface area contributed by atoms with Crippen LogP contribution in [0.1, 0.15) is 11.8 Å². The Morgan fingerprint density at radius 2 is 2.25 bits per heavy atom. The molecule has 0 amide bonds. The number of halogens is 3. The van der Waals surface area contributed by atoms with Crippen LogP contribution in [-0.4, -0.2) is 25.4 Å². The van der Waals surface area contributed by atoms with E-state index >= 15 is 0 Å². The molecular formula is C10H14F3NOS. The minimum absolute atomic E-state index is 0.199. The van der Waals surface area contributed by atoms with Crippen LogP contribution in [0.3, 0.4) is 0 Å². The standard InChI is InChI=1S/C10H14F3NOS/c1-8(5-14-7-10(11,12)13)15-6-9-3-2-4-16-9/h2-4,8,14H,5-7H2,1H3. The molecule has 0 aromatic carbocycles. The predicted molar refractivity (Wildman–Crippen MR) is 57.5 cm³/mol. The smallest absolute Gasteiger partial charge is 0.372 e. The van der Waals surface area contributed by atoms with E-state index in [1.165, 1.54) is 0 Å². The largest absolute Gasteiger partial charge is 0.401 e. The van der Waals surface area contributed by atoms with Crippen LogP contribution in [-0.2, 0) is 11.3 Å². The molecule has 0 bridgehead atoms. The molecule has 0 fully saturated rings. The highest BCUT2D eigenvalue weighted by Crippen LogP contribution is 2.13. The van der Waals surface area contributed by atoms with Crippen molar-refractivity contribution in [1.29, 1.82) is 0 Å². The van der Waals surface area contributed by atoms with Gasteiger partial charge in [0.1, 0.15) is 0 Å². The zero-order valence-electron chi connectivity index (χ0n) is 8.88. The monoisotopic (exact) mass is 253 g/mol. The fraction of sp³-hybridized carbons (Fsp3) is 0.600. The van der Waals surface area contributed by atoms with Crippen molar-refractivity contribution in [3.05, 3.63) is 22.4 Å². The number of nitrogens with one attached hydrogen (secondary N) is 1. The molecule has 0 saturated heterocycles. The van der Waals surface area contributed by atoms with Gasteiger partial charge in [-0.25, -0.2) is 0 Å². The second kappa shape index (κ2) is 6.22. The molecule has 1 aromatic rings. The molecule has 1 heterocycles. The first-order chi connectivity index (χ1) is 7.47. The number of ether oxygens (including phenoxy) is 1. The van der Waals surface area contributed by atoms with Crippen LogP contribution < -0.4 is 5.32 Å². The van der Waals surface area contributed by atoms with Gasteiger partial charge in [-0.05, 0) is 18.4 Å². The predicted octanol–water partition coefficient (Wildman–Crippen LogP) is 2.81. The van der Waals surface area contributed by atoms with Crippen LogP contribution in [0.15, 0.2) is 17.5 Å². The third-order valence-electron chi connectivity index (χ3n) is 1.85. The van der Waals surface area contributed by atoms with E-state index < -0.39 is 12.7 Å². The Bertz CT molecular complexity index is 287. The number of rotatable bonds is 6. The van der Waals surface area contributed by atoms with Crippen molar-refractivity contribution in [2.75, 3.05) is 13.1 Å². The molecule has 1 aromatic heterocycles. The molecule has 6 heteroatoms. The molecular weight excluding hydrogens is 239 g/mol. The van der Waals surface area contributed by atoms with Gasteiger partial charge in [0.2, 0.25) is 0 Å². The Labute approximate surface area is 96.4 Å². The Morgan fingerprint density at radius 1 is 1.50 bits per heavy atom. The molecule has 0 aliphatic heterocycles. The van der Waals surface area contributed by atoms with Crippen molar-refractivity contribution in [3.63, 3.8) is 0 Å². The summed E-state index contributed by atoms with van der Waals surface area (Å²) in [6, 6.07) is 3.84. The molecule has 1 unspecified atom stereocenters. The van der Waals surface area contributed by atoms with Gasteiger partial charge >= 0.3 is 6.18 Å². The minimum atomic E-state index is -4.16. The Kier molecular flexibility index (Phi) is 5.24. The number of hydrogen-bond donors (Lipinski definition) is 1.